The smallest absolute Gasteiger partial charge is 0.212 e. The maximum absolute atomic E-state index is 9.81. The van der Waals surface area contributed by atoms with Crippen LogP contribution in [0.15, 0.2) is 18.3 Å². The summed E-state index contributed by atoms with van der Waals surface area (Å²) in [6.07, 6.45) is 2.08. The molecule has 1 aromatic heterocycles. The lowest BCUT2D eigenvalue weighted by Crippen LogP contribution is -1.94. The van der Waals surface area contributed by atoms with Gasteiger partial charge in [-0.2, -0.15) is 0 Å². The third-order valence-corrected chi connectivity index (χ3v) is 0.822. The number of nitrogens with zero attached hydrogens (tertiary/aromatic N) is 1. The summed E-state index contributed by atoms with van der Waals surface area (Å²) in [6.45, 7) is 0. The van der Waals surface area contributed by atoms with Gasteiger partial charge in [0, 0.05) is 12.3 Å². The summed E-state index contributed by atoms with van der Waals surface area (Å²) in [6, 6.07) is 6.06. The first-order valence-corrected chi connectivity index (χ1v) is 2.46. The van der Waals surface area contributed by atoms with Gasteiger partial charge >= 0.3 is 0 Å². The molecule has 0 atom stereocenters. The van der Waals surface area contributed by atoms with Crippen molar-refractivity contribution in [2.45, 2.75) is 0 Å². The van der Waals surface area contributed by atoms with E-state index >= 15 is 0 Å². The van der Waals surface area contributed by atoms with Crippen molar-refractivity contribution in [2.24, 2.45) is 0 Å². The van der Waals surface area contributed by atoms with Crippen LogP contribution in [-0.4, -0.2) is 11.4 Å². The highest BCUT2D eigenvalue weighted by Gasteiger charge is 1.83. The van der Waals surface area contributed by atoms with Gasteiger partial charge in [0.05, 0.1) is 0 Å². The van der Waals surface area contributed by atoms with Gasteiger partial charge in [-0.1, -0.05) is 0 Å². The van der Waals surface area contributed by atoms with Crippen LogP contribution in [0.2, 0.25) is 0 Å². The number of hydrogen-bond donors (Lipinski definition) is 1. The van der Waals surface area contributed by atoms with E-state index in [1.165, 1.54) is 6.20 Å². The Hall–Kier alpha value is -1.38. The van der Waals surface area contributed by atoms with Crippen LogP contribution in [0, 0.1) is 6.07 Å². The monoisotopic (exact) mass is 121 g/mol. The van der Waals surface area contributed by atoms with Crippen LogP contribution in [-0.2, 0) is 4.79 Å². The number of nitrogens with one attached hydrogen (secondary N) is 1. The molecule has 0 aliphatic heterocycles. The Bertz CT molecular complexity index is 186. The summed E-state index contributed by atoms with van der Waals surface area (Å²) >= 11 is 0. The zero-order valence-electron chi connectivity index (χ0n) is 4.66. The predicted molar refractivity (Wildman–Crippen MR) is 32.8 cm³/mol. The Morgan fingerprint density at radius 3 is 3.22 bits per heavy atom. The van der Waals surface area contributed by atoms with Crippen LogP contribution in [0.5, 0.6) is 0 Å². The van der Waals surface area contributed by atoms with Gasteiger partial charge < -0.3 is 5.32 Å². The third kappa shape index (κ3) is 1.53. The van der Waals surface area contributed by atoms with E-state index in [2.05, 4.69) is 16.4 Å². The Kier molecular flexibility index (Phi) is 1.80. The molecule has 0 aliphatic rings. The van der Waals surface area contributed by atoms with Crippen LogP contribution in [0.4, 0.5) is 5.82 Å². The van der Waals surface area contributed by atoms with E-state index in [-0.39, 0.29) is 0 Å². The largest absolute Gasteiger partial charge is 0.313 e. The minimum absolute atomic E-state index is 0.545. The normalized spacial score (nSPS) is 8.44. The Morgan fingerprint density at radius 1 is 1.78 bits per heavy atom. The van der Waals surface area contributed by atoms with E-state index < -0.39 is 0 Å². The van der Waals surface area contributed by atoms with Gasteiger partial charge in [-0.05, 0) is 12.1 Å². The van der Waals surface area contributed by atoms with E-state index in [4.69, 9.17) is 0 Å². The first-order valence-electron chi connectivity index (χ1n) is 2.46. The fourth-order valence-corrected chi connectivity index (χ4v) is 0.466. The molecule has 0 bridgehead atoms. The van der Waals surface area contributed by atoms with Gasteiger partial charge in [0.15, 0.2) is 0 Å². The number of rotatable bonds is 2. The molecule has 1 rings (SSSR count). The van der Waals surface area contributed by atoms with Crippen LogP contribution in [0.1, 0.15) is 0 Å². The second-order valence-electron chi connectivity index (χ2n) is 1.41. The molecular weight excluding hydrogens is 116 g/mol. The molecule has 1 N–H and O–H groups in total. The molecule has 0 spiro atoms. The van der Waals surface area contributed by atoms with Gasteiger partial charge in [0.25, 0.3) is 0 Å². The molecule has 1 radical (unpaired) electrons. The van der Waals surface area contributed by atoms with Crippen molar-refractivity contribution in [3.8, 4) is 0 Å². The maximum atomic E-state index is 9.81. The van der Waals surface area contributed by atoms with Gasteiger partial charge in [-0.3, -0.25) is 4.79 Å². The zero-order chi connectivity index (χ0) is 6.53. The van der Waals surface area contributed by atoms with E-state index in [0.717, 1.165) is 0 Å². The second-order valence-corrected chi connectivity index (χ2v) is 1.41. The molecular formula is C6H5N2O. The first kappa shape index (κ1) is 5.75. The maximum Gasteiger partial charge on any atom is 0.212 e. The van der Waals surface area contributed by atoms with Crippen molar-refractivity contribution in [3.05, 3.63) is 24.4 Å². The molecule has 0 saturated carbocycles. The van der Waals surface area contributed by atoms with Crippen molar-refractivity contribution in [3.63, 3.8) is 0 Å². The number of carbonyl (C=O) groups is 1. The van der Waals surface area contributed by atoms with Crippen LogP contribution >= 0.6 is 0 Å². The Morgan fingerprint density at radius 2 is 2.67 bits per heavy atom. The van der Waals surface area contributed by atoms with Crippen molar-refractivity contribution in [2.75, 3.05) is 5.32 Å². The molecule has 3 nitrogen and oxygen atoms in total. The molecule has 0 saturated heterocycles. The SMILES string of the molecule is O=CNc1cc[c]cn1. The third-order valence-electron chi connectivity index (χ3n) is 0.822. The Labute approximate surface area is 52.7 Å². The van der Waals surface area contributed by atoms with Gasteiger partial charge in [-0.25, -0.2) is 4.98 Å². The minimum atomic E-state index is 0.545. The van der Waals surface area contributed by atoms with E-state index in [0.29, 0.717) is 12.2 Å². The topological polar surface area (TPSA) is 42.0 Å². The van der Waals surface area contributed by atoms with E-state index in [1.807, 2.05) is 0 Å². The highest BCUT2D eigenvalue weighted by atomic mass is 16.1. The van der Waals surface area contributed by atoms with Gasteiger partial charge in [0.1, 0.15) is 5.82 Å². The molecule has 1 aromatic rings. The van der Waals surface area contributed by atoms with Crippen molar-refractivity contribution < 1.29 is 4.79 Å². The summed E-state index contributed by atoms with van der Waals surface area (Å²) in [5.74, 6) is 0.545. The molecule has 45 valence electrons. The number of pyridine rings is 1. The van der Waals surface area contributed by atoms with E-state index in [1.54, 1.807) is 12.1 Å². The van der Waals surface area contributed by atoms with E-state index in [9.17, 15) is 4.79 Å². The fraction of sp³-hybridized carbons (Fsp3) is 0. The lowest BCUT2D eigenvalue weighted by atomic mass is 10.5. The zero-order valence-corrected chi connectivity index (χ0v) is 4.66. The standard InChI is InChI=1S/C6H5N2O/c9-5-8-6-3-1-2-4-7-6/h1,3-5H,(H,7,8,9). The molecule has 1 amide bonds. The quantitative estimate of drug-likeness (QED) is 0.577. The van der Waals surface area contributed by atoms with Crippen LogP contribution in [0.25, 0.3) is 0 Å². The number of anilines is 1. The summed E-state index contributed by atoms with van der Waals surface area (Å²) in [7, 11) is 0. The lowest BCUT2D eigenvalue weighted by molar-refractivity contribution is -0.105. The average Bonchev–Trinajstić information content (AvgIpc) is 1.91. The number of aromatic nitrogens is 1. The summed E-state index contributed by atoms with van der Waals surface area (Å²) in [5, 5.41) is 2.40. The average molecular weight is 121 g/mol. The lowest BCUT2D eigenvalue weighted by Gasteiger charge is -1.91. The van der Waals surface area contributed by atoms with Crippen molar-refractivity contribution in [1.29, 1.82) is 0 Å². The number of hydrogen-bond acceptors (Lipinski definition) is 2. The molecule has 0 aromatic carbocycles. The van der Waals surface area contributed by atoms with Crippen LogP contribution in [0.3, 0.4) is 0 Å². The van der Waals surface area contributed by atoms with Gasteiger partial charge in [0.2, 0.25) is 6.41 Å². The van der Waals surface area contributed by atoms with Crippen molar-refractivity contribution in [1.82, 2.24) is 4.98 Å². The molecule has 9 heavy (non-hydrogen) atoms. The summed E-state index contributed by atoms with van der Waals surface area (Å²) in [5.41, 5.74) is 0. The van der Waals surface area contributed by atoms with Crippen molar-refractivity contribution >= 4 is 12.2 Å². The summed E-state index contributed by atoms with van der Waals surface area (Å²) < 4.78 is 0. The van der Waals surface area contributed by atoms with Crippen LogP contribution < -0.4 is 5.32 Å². The molecule has 0 fully saturated rings. The van der Waals surface area contributed by atoms with Gasteiger partial charge in [-0.15, -0.1) is 0 Å². The highest BCUT2D eigenvalue weighted by Crippen LogP contribution is 1.95. The first-order chi connectivity index (χ1) is 4.43. The molecule has 0 aliphatic carbocycles. The number of carbonyl (C=O) groups excluding carboxylic acids is 1. The Balaban J connectivity index is 2.72. The second kappa shape index (κ2) is 2.81. The minimum Gasteiger partial charge on any atom is -0.313 e. The number of amides is 1. The molecule has 3 heteroatoms. The molecule has 1 heterocycles. The fourth-order valence-electron chi connectivity index (χ4n) is 0.466. The predicted octanol–water partition coefficient (Wildman–Crippen LogP) is 0.450. The summed E-state index contributed by atoms with van der Waals surface area (Å²) in [4.78, 5) is 13.6. The molecule has 0 unspecified atom stereocenters. The highest BCUT2D eigenvalue weighted by molar-refractivity contribution is 5.68.